The maximum absolute atomic E-state index is 13.6. The van der Waals surface area contributed by atoms with E-state index in [9.17, 15) is 21.6 Å². The number of rotatable bonds is 9. The van der Waals surface area contributed by atoms with Crippen molar-refractivity contribution in [2.75, 3.05) is 20.9 Å². The van der Waals surface area contributed by atoms with Crippen molar-refractivity contribution in [2.45, 2.75) is 30.6 Å². The van der Waals surface area contributed by atoms with Crippen LogP contribution in [0.1, 0.15) is 16.7 Å². The van der Waals surface area contributed by atoms with E-state index in [1.165, 1.54) is 42.5 Å². The van der Waals surface area contributed by atoms with Crippen molar-refractivity contribution >= 4 is 66.2 Å². The van der Waals surface area contributed by atoms with Gasteiger partial charge in [-0.25, -0.2) is 16.8 Å². The van der Waals surface area contributed by atoms with E-state index in [1.54, 1.807) is 56.3 Å². The summed E-state index contributed by atoms with van der Waals surface area (Å²) in [7, 11) is -8.07. The van der Waals surface area contributed by atoms with Crippen molar-refractivity contribution in [2.24, 2.45) is 0 Å². The molecule has 4 aromatic carbocycles. The summed E-state index contributed by atoms with van der Waals surface area (Å²) in [4.78, 5) is 13.1. The highest BCUT2D eigenvalue weighted by Gasteiger charge is 2.28. The van der Waals surface area contributed by atoms with E-state index in [0.29, 0.717) is 21.3 Å². The third-order valence-electron chi connectivity index (χ3n) is 6.30. The van der Waals surface area contributed by atoms with E-state index in [-0.39, 0.29) is 21.2 Å². The van der Waals surface area contributed by atoms with Crippen LogP contribution in [0.4, 0.5) is 17.1 Å². The molecule has 0 saturated heterocycles. The first-order valence-electron chi connectivity index (χ1n) is 12.3. The predicted octanol–water partition coefficient (Wildman–Crippen LogP) is 6.55. The first-order valence-corrected chi connectivity index (χ1v) is 16.0. The molecule has 0 radical (unpaired) electrons. The molecule has 4 rings (SSSR count). The van der Waals surface area contributed by atoms with Crippen molar-refractivity contribution in [3.63, 3.8) is 0 Å². The maximum Gasteiger partial charge on any atom is 0.264 e. The van der Waals surface area contributed by atoms with Crippen LogP contribution in [0.25, 0.3) is 0 Å². The fourth-order valence-electron chi connectivity index (χ4n) is 3.86. The predicted molar refractivity (Wildman–Crippen MR) is 164 cm³/mol. The van der Waals surface area contributed by atoms with Crippen LogP contribution >= 0.6 is 23.2 Å². The SMILES string of the molecule is Cc1ccc(S(=O)(=O)N(CC(=O)Nc2ccc(S(=O)(=O)Nc3cccc(Cl)c3C)cc2)c2ccc(C)c(Cl)c2)cc1. The molecule has 0 atom stereocenters. The summed E-state index contributed by atoms with van der Waals surface area (Å²) in [6.07, 6.45) is 0. The summed E-state index contributed by atoms with van der Waals surface area (Å²) in [6, 6.07) is 21.4. The summed E-state index contributed by atoms with van der Waals surface area (Å²) >= 11 is 12.4. The van der Waals surface area contributed by atoms with E-state index < -0.39 is 32.5 Å². The Morgan fingerprint density at radius 1 is 0.780 bits per heavy atom. The summed E-state index contributed by atoms with van der Waals surface area (Å²) in [5.74, 6) is -0.638. The van der Waals surface area contributed by atoms with Crippen molar-refractivity contribution in [1.29, 1.82) is 0 Å². The number of hydrogen-bond acceptors (Lipinski definition) is 5. The number of carbonyl (C=O) groups is 1. The van der Waals surface area contributed by atoms with Gasteiger partial charge in [0.1, 0.15) is 6.54 Å². The molecule has 0 spiro atoms. The van der Waals surface area contributed by atoms with Gasteiger partial charge < -0.3 is 5.32 Å². The molecule has 0 aliphatic carbocycles. The third kappa shape index (κ3) is 7.02. The fraction of sp³-hybridized carbons (Fsp3) is 0.138. The Hall–Kier alpha value is -3.57. The molecule has 2 N–H and O–H groups in total. The van der Waals surface area contributed by atoms with Gasteiger partial charge in [0.25, 0.3) is 20.0 Å². The monoisotopic (exact) mass is 631 g/mol. The molecule has 0 aromatic heterocycles. The summed E-state index contributed by atoms with van der Waals surface area (Å²) in [5, 5.41) is 3.41. The van der Waals surface area contributed by atoms with E-state index in [2.05, 4.69) is 10.0 Å². The Bertz CT molecular complexity index is 1810. The van der Waals surface area contributed by atoms with E-state index in [0.717, 1.165) is 15.4 Å². The van der Waals surface area contributed by atoms with Gasteiger partial charge in [-0.15, -0.1) is 0 Å². The van der Waals surface area contributed by atoms with Gasteiger partial charge in [-0.2, -0.15) is 0 Å². The van der Waals surface area contributed by atoms with Crippen LogP contribution in [-0.2, 0) is 24.8 Å². The van der Waals surface area contributed by atoms with Crippen LogP contribution in [0.15, 0.2) is 94.7 Å². The number of amides is 1. The highest BCUT2D eigenvalue weighted by Crippen LogP contribution is 2.29. The Labute approximate surface area is 250 Å². The van der Waals surface area contributed by atoms with E-state index in [4.69, 9.17) is 23.2 Å². The Morgan fingerprint density at radius 3 is 2.05 bits per heavy atom. The Balaban J connectivity index is 1.55. The maximum atomic E-state index is 13.6. The molecule has 0 bridgehead atoms. The van der Waals surface area contributed by atoms with Gasteiger partial charge in [0.05, 0.1) is 21.2 Å². The molecule has 8 nitrogen and oxygen atoms in total. The highest BCUT2D eigenvalue weighted by molar-refractivity contribution is 7.93. The van der Waals surface area contributed by atoms with E-state index in [1.807, 2.05) is 6.92 Å². The highest BCUT2D eigenvalue weighted by atomic mass is 35.5. The quantitative estimate of drug-likeness (QED) is 0.217. The molecule has 0 fully saturated rings. The zero-order valence-electron chi connectivity index (χ0n) is 22.4. The topological polar surface area (TPSA) is 113 Å². The number of halogens is 2. The van der Waals surface area contributed by atoms with Crippen LogP contribution in [-0.4, -0.2) is 29.3 Å². The first kappa shape index (κ1) is 30.4. The molecule has 41 heavy (non-hydrogen) atoms. The first-order chi connectivity index (χ1) is 19.3. The molecule has 0 aliphatic heterocycles. The van der Waals surface area contributed by atoms with Gasteiger partial charge in [0.15, 0.2) is 0 Å². The van der Waals surface area contributed by atoms with Gasteiger partial charge in [0, 0.05) is 15.7 Å². The van der Waals surface area contributed by atoms with E-state index >= 15 is 0 Å². The van der Waals surface area contributed by atoms with Crippen LogP contribution in [0.5, 0.6) is 0 Å². The number of nitrogens with one attached hydrogen (secondary N) is 2. The standard InChI is InChI=1S/C29H27Cl2N3O5S2/c1-19-7-13-25(14-8-19)41(38,39)34(23-12-9-20(2)27(31)17-23)18-29(35)32-22-10-15-24(16-11-22)40(36,37)33-28-6-4-5-26(30)21(28)3/h4-17,33H,18H2,1-3H3,(H,32,35). The Kier molecular flexibility index (Phi) is 8.98. The molecule has 1 amide bonds. The number of anilines is 3. The number of nitrogens with zero attached hydrogens (tertiary/aromatic N) is 1. The van der Waals surface area contributed by atoms with Gasteiger partial charge >= 0.3 is 0 Å². The average molecular weight is 633 g/mol. The second kappa shape index (κ2) is 12.1. The molecule has 214 valence electrons. The number of carbonyl (C=O) groups excluding carboxylic acids is 1. The molecule has 0 saturated carbocycles. The van der Waals surface area contributed by atoms with Gasteiger partial charge in [-0.1, -0.05) is 53.0 Å². The molecule has 0 aliphatic rings. The van der Waals surface area contributed by atoms with Crippen molar-refractivity contribution in [3.8, 4) is 0 Å². The lowest BCUT2D eigenvalue weighted by Gasteiger charge is -2.24. The zero-order chi connectivity index (χ0) is 29.9. The minimum Gasteiger partial charge on any atom is -0.325 e. The number of aryl methyl sites for hydroxylation is 2. The lowest BCUT2D eigenvalue weighted by molar-refractivity contribution is -0.114. The minimum absolute atomic E-state index is 0.0181. The lowest BCUT2D eigenvalue weighted by Crippen LogP contribution is -2.38. The van der Waals surface area contributed by atoms with Crippen LogP contribution < -0.4 is 14.3 Å². The lowest BCUT2D eigenvalue weighted by atomic mass is 10.2. The number of hydrogen-bond donors (Lipinski definition) is 2. The molecule has 4 aromatic rings. The summed E-state index contributed by atoms with van der Waals surface area (Å²) < 4.78 is 56.5. The second-order valence-electron chi connectivity index (χ2n) is 9.35. The fourth-order valence-corrected chi connectivity index (χ4v) is 6.74. The molecule has 0 heterocycles. The summed E-state index contributed by atoms with van der Waals surface area (Å²) in [6.45, 7) is 4.77. The largest absolute Gasteiger partial charge is 0.325 e. The number of benzene rings is 4. The van der Waals surface area contributed by atoms with Gasteiger partial charge in [-0.05, 0) is 92.6 Å². The summed E-state index contributed by atoms with van der Waals surface area (Å²) in [5.41, 5.74) is 3.07. The molecular weight excluding hydrogens is 605 g/mol. The van der Waals surface area contributed by atoms with Crippen molar-refractivity contribution in [1.82, 2.24) is 0 Å². The van der Waals surface area contributed by atoms with Crippen LogP contribution in [0.3, 0.4) is 0 Å². The average Bonchev–Trinajstić information content (AvgIpc) is 2.92. The van der Waals surface area contributed by atoms with Crippen molar-refractivity contribution < 1.29 is 21.6 Å². The zero-order valence-corrected chi connectivity index (χ0v) is 25.5. The van der Waals surface area contributed by atoms with Gasteiger partial charge in [-0.3, -0.25) is 13.8 Å². The van der Waals surface area contributed by atoms with Gasteiger partial charge in [0.2, 0.25) is 5.91 Å². The smallest absolute Gasteiger partial charge is 0.264 e. The van der Waals surface area contributed by atoms with Crippen molar-refractivity contribution in [3.05, 3.63) is 112 Å². The third-order valence-corrected chi connectivity index (χ3v) is 10.3. The molecule has 0 unspecified atom stereocenters. The Morgan fingerprint density at radius 2 is 1.41 bits per heavy atom. The molecule has 12 heteroatoms. The molecular formula is C29H27Cl2N3O5S2. The normalized spacial score (nSPS) is 11.6. The minimum atomic E-state index is -4.13. The number of sulfonamides is 2. The van der Waals surface area contributed by atoms with Crippen LogP contribution in [0, 0.1) is 20.8 Å². The second-order valence-corrected chi connectivity index (χ2v) is 13.7. The van der Waals surface area contributed by atoms with Crippen LogP contribution in [0.2, 0.25) is 10.0 Å².